The first-order chi connectivity index (χ1) is 17.1. The molecule has 0 fully saturated rings. The van der Waals surface area contributed by atoms with Gasteiger partial charge in [-0.3, -0.25) is 4.79 Å². The van der Waals surface area contributed by atoms with E-state index in [9.17, 15) is 9.18 Å². The summed E-state index contributed by atoms with van der Waals surface area (Å²) in [6.07, 6.45) is 0.581. The van der Waals surface area contributed by atoms with Crippen LogP contribution in [0.3, 0.4) is 0 Å². The van der Waals surface area contributed by atoms with Gasteiger partial charge in [-0.05, 0) is 48.4 Å². The van der Waals surface area contributed by atoms with Gasteiger partial charge < -0.3 is 19.8 Å². The zero-order chi connectivity index (χ0) is 24.4. The number of aromatic nitrogens is 2. The summed E-state index contributed by atoms with van der Waals surface area (Å²) in [6.45, 7) is 0.399. The van der Waals surface area contributed by atoms with Gasteiger partial charge in [0.05, 0.1) is 25.4 Å². The third-order valence-corrected chi connectivity index (χ3v) is 6.00. The number of rotatable bonds is 7. The van der Waals surface area contributed by atoms with Gasteiger partial charge in [0.15, 0.2) is 11.5 Å². The van der Waals surface area contributed by atoms with Gasteiger partial charge in [0.25, 0.3) is 5.91 Å². The number of aromatic amines is 1. The molecular weight excluding hydrogens is 445 g/mol. The van der Waals surface area contributed by atoms with E-state index in [1.165, 1.54) is 12.1 Å². The average molecular weight is 470 g/mol. The predicted octanol–water partition coefficient (Wildman–Crippen LogP) is 5.51. The lowest BCUT2D eigenvalue weighted by atomic mass is 10.0. The third kappa shape index (κ3) is 4.28. The molecule has 0 aliphatic carbocycles. The number of nitrogens with zero attached hydrogens (tertiary/aromatic N) is 1. The number of hydrogen-bond acceptors (Lipinski definition) is 4. The first-order valence-electron chi connectivity index (χ1n) is 11.2. The van der Waals surface area contributed by atoms with Crippen LogP contribution in [0.15, 0.2) is 72.8 Å². The molecule has 5 rings (SSSR count). The molecule has 0 aliphatic heterocycles. The van der Waals surface area contributed by atoms with Crippen LogP contribution < -0.4 is 14.8 Å². The highest BCUT2D eigenvalue weighted by Gasteiger charge is 2.20. The second-order valence-electron chi connectivity index (χ2n) is 8.12. The Hall–Kier alpha value is -4.39. The lowest BCUT2D eigenvalue weighted by Gasteiger charge is -2.14. The van der Waals surface area contributed by atoms with Gasteiger partial charge in [-0.2, -0.15) is 0 Å². The molecule has 5 aromatic rings. The van der Waals surface area contributed by atoms with Gasteiger partial charge in [-0.15, -0.1) is 0 Å². The van der Waals surface area contributed by atoms with Crippen molar-refractivity contribution in [2.75, 3.05) is 20.8 Å². The number of nitrogens with one attached hydrogen (secondary N) is 2. The maximum atomic E-state index is 13.2. The first kappa shape index (κ1) is 22.4. The summed E-state index contributed by atoms with van der Waals surface area (Å²) >= 11 is 0. The quantitative estimate of drug-likeness (QED) is 0.330. The number of amides is 1. The number of carbonyl (C=O) groups is 1. The Morgan fingerprint density at radius 2 is 1.77 bits per heavy atom. The molecule has 176 valence electrons. The van der Waals surface area contributed by atoms with E-state index in [1.807, 2.05) is 42.5 Å². The summed E-state index contributed by atoms with van der Waals surface area (Å²) in [6, 6.07) is 21.6. The molecule has 0 unspecified atom stereocenters. The number of carbonyl (C=O) groups excluding carboxylic acids is 1. The highest BCUT2D eigenvalue weighted by Crippen LogP contribution is 2.41. The van der Waals surface area contributed by atoms with Crippen molar-refractivity contribution in [2.24, 2.45) is 0 Å². The number of hydrogen-bond donors (Lipinski definition) is 2. The highest BCUT2D eigenvalue weighted by molar-refractivity contribution is 6.13. The van der Waals surface area contributed by atoms with Gasteiger partial charge in [-0.25, -0.2) is 9.37 Å². The van der Waals surface area contributed by atoms with Crippen molar-refractivity contribution >= 4 is 27.7 Å². The molecule has 0 bridgehead atoms. The van der Waals surface area contributed by atoms with E-state index in [0.29, 0.717) is 41.4 Å². The largest absolute Gasteiger partial charge is 0.493 e. The number of benzene rings is 3. The third-order valence-electron chi connectivity index (χ3n) is 6.00. The van der Waals surface area contributed by atoms with E-state index in [4.69, 9.17) is 14.5 Å². The summed E-state index contributed by atoms with van der Waals surface area (Å²) in [5, 5.41) is 4.82. The second kappa shape index (κ2) is 9.46. The zero-order valence-electron chi connectivity index (χ0n) is 19.4. The van der Waals surface area contributed by atoms with Crippen molar-refractivity contribution < 1.29 is 18.7 Å². The molecule has 0 saturated heterocycles. The van der Waals surface area contributed by atoms with E-state index in [-0.39, 0.29) is 11.7 Å². The number of halogens is 1. The Kier molecular flexibility index (Phi) is 6.06. The Balaban J connectivity index is 1.57. The molecule has 35 heavy (non-hydrogen) atoms. The maximum Gasteiger partial charge on any atom is 0.269 e. The summed E-state index contributed by atoms with van der Waals surface area (Å²) < 4.78 is 24.3. The van der Waals surface area contributed by atoms with Crippen LogP contribution in [0.2, 0.25) is 0 Å². The van der Waals surface area contributed by atoms with E-state index in [0.717, 1.165) is 27.4 Å². The van der Waals surface area contributed by atoms with Crippen LogP contribution >= 0.6 is 0 Å². The number of H-pyrrole nitrogens is 1. The number of methoxy groups -OCH3 is 2. The molecule has 2 heterocycles. The van der Waals surface area contributed by atoms with Gasteiger partial charge in [-0.1, -0.05) is 36.4 Å². The lowest BCUT2D eigenvalue weighted by molar-refractivity contribution is 0.0949. The van der Waals surface area contributed by atoms with Gasteiger partial charge in [0.1, 0.15) is 11.5 Å². The number of para-hydroxylation sites is 2. The Morgan fingerprint density at radius 3 is 2.54 bits per heavy atom. The normalized spacial score (nSPS) is 11.1. The van der Waals surface area contributed by atoms with E-state index in [1.54, 1.807) is 32.4 Å². The van der Waals surface area contributed by atoms with Crippen LogP contribution in [0.5, 0.6) is 11.5 Å². The van der Waals surface area contributed by atoms with E-state index < -0.39 is 0 Å². The summed E-state index contributed by atoms with van der Waals surface area (Å²) in [4.78, 5) is 21.4. The molecule has 0 aliphatic rings. The van der Waals surface area contributed by atoms with Crippen molar-refractivity contribution in [3.63, 3.8) is 0 Å². The minimum absolute atomic E-state index is 0.283. The smallest absolute Gasteiger partial charge is 0.269 e. The van der Waals surface area contributed by atoms with Crippen molar-refractivity contribution in [1.82, 2.24) is 15.3 Å². The molecular formula is C28H24FN3O3. The van der Waals surface area contributed by atoms with E-state index in [2.05, 4.69) is 10.3 Å². The highest BCUT2D eigenvalue weighted by atomic mass is 19.1. The van der Waals surface area contributed by atoms with Crippen LogP contribution in [0.25, 0.3) is 33.1 Å². The Morgan fingerprint density at radius 1 is 0.971 bits per heavy atom. The molecule has 0 atom stereocenters. The van der Waals surface area contributed by atoms with Crippen LogP contribution in [0.1, 0.15) is 16.1 Å². The fourth-order valence-corrected chi connectivity index (χ4v) is 4.29. The number of ether oxygens (including phenoxy) is 2. The van der Waals surface area contributed by atoms with Gasteiger partial charge >= 0.3 is 0 Å². The predicted molar refractivity (Wildman–Crippen MR) is 135 cm³/mol. The molecule has 2 aromatic heterocycles. The van der Waals surface area contributed by atoms with Crippen molar-refractivity contribution in [3.05, 3.63) is 89.9 Å². The molecule has 1 amide bonds. The van der Waals surface area contributed by atoms with Crippen molar-refractivity contribution in [2.45, 2.75) is 6.42 Å². The second-order valence-corrected chi connectivity index (χ2v) is 8.12. The summed E-state index contributed by atoms with van der Waals surface area (Å²) in [5.41, 5.74) is 4.29. The van der Waals surface area contributed by atoms with E-state index >= 15 is 0 Å². The van der Waals surface area contributed by atoms with Crippen molar-refractivity contribution in [1.29, 1.82) is 0 Å². The Labute approximate surface area is 201 Å². The van der Waals surface area contributed by atoms with Gasteiger partial charge in [0, 0.05) is 28.4 Å². The minimum atomic E-state index is -0.289. The first-order valence-corrected chi connectivity index (χ1v) is 11.2. The minimum Gasteiger partial charge on any atom is -0.493 e. The van der Waals surface area contributed by atoms with Crippen LogP contribution in [0.4, 0.5) is 4.39 Å². The topological polar surface area (TPSA) is 76.2 Å². The molecule has 6 nitrogen and oxygen atoms in total. The van der Waals surface area contributed by atoms with Crippen molar-refractivity contribution in [3.8, 4) is 22.8 Å². The van der Waals surface area contributed by atoms with Gasteiger partial charge in [0.2, 0.25) is 0 Å². The number of fused-ring (bicyclic) bond motifs is 3. The molecule has 0 spiro atoms. The standard InChI is InChI=1S/C28H24FN3O3/c1-34-24-9-5-7-20(27(24)35-2)25-26-21(19-6-3-4-8-22(19)31-26)16-23(32-25)28(33)30-15-14-17-10-12-18(29)13-11-17/h3-13,16,31H,14-15H2,1-2H3,(H,30,33). The monoisotopic (exact) mass is 469 g/mol. The summed E-state index contributed by atoms with van der Waals surface area (Å²) in [7, 11) is 3.16. The Bertz CT molecular complexity index is 1530. The van der Waals surface area contributed by atoms with Crippen LogP contribution in [-0.2, 0) is 6.42 Å². The average Bonchev–Trinajstić information content (AvgIpc) is 3.27. The lowest BCUT2D eigenvalue weighted by Crippen LogP contribution is -2.26. The fraction of sp³-hybridized carbons (Fsp3) is 0.143. The SMILES string of the molecule is COc1cccc(-c2nc(C(=O)NCCc3ccc(F)cc3)cc3c2[nH]c2ccccc23)c1OC. The summed E-state index contributed by atoms with van der Waals surface area (Å²) in [5.74, 6) is 0.540. The number of pyridine rings is 1. The fourth-order valence-electron chi connectivity index (χ4n) is 4.29. The molecule has 0 radical (unpaired) electrons. The maximum absolute atomic E-state index is 13.2. The zero-order valence-corrected chi connectivity index (χ0v) is 19.4. The van der Waals surface area contributed by atoms with Crippen LogP contribution in [-0.4, -0.2) is 36.6 Å². The molecule has 0 saturated carbocycles. The molecule has 2 N–H and O–H groups in total. The molecule has 3 aromatic carbocycles. The molecule has 7 heteroatoms. The van der Waals surface area contributed by atoms with Crippen LogP contribution in [0, 0.1) is 5.82 Å².